The van der Waals surface area contributed by atoms with Gasteiger partial charge in [-0.25, -0.2) is 0 Å². The molecule has 0 saturated carbocycles. The Morgan fingerprint density at radius 1 is 1.21 bits per heavy atom. The number of rotatable bonds is 10. The van der Waals surface area contributed by atoms with E-state index in [2.05, 4.69) is 22.5 Å². The van der Waals surface area contributed by atoms with Gasteiger partial charge in [-0.05, 0) is 24.6 Å². The number of hydrogen-bond donors (Lipinski definition) is 3. The number of unbranched alkanes of at least 4 members (excludes halogenated alkanes) is 3. The van der Waals surface area contributed by atoms with Crippen LogP contribution in [0.2, 0.25) is 0 Å². The number of nitrogens with zero attached hydrogens (tertiary/aromatic N) is 1. The van der Waals surface area contributed by atoms with Gasteiger partial charge in [-0.1, -0.05) is 32.3 Å². The smallest absolute Gasteiger partial charge is 0.251 e. The third-order valence-corrected chi connectivity index (χ3v) is 3.34. The second kappa shape index (κ2) is 13.9. The second-order valence-corrected chi connectivity index (χ2v) is 5.24. The number of hydrogen-bond acceptors (Lipinski definition) is 3. The molecular weight excluding hydrogens is 419 g/mol. The van der Waals surface area contributed by atoms with Crippen molar-refractivity contribution >= 4 is 35.8 Å². The van der Waals surface area contributed by atoms with Crippen LogP contribution in [0.1, 0.15) is 43.0 Å². The molecule has 0 spiro atoms. The van der Waals surface area contributed by atoms with Crippen LogP contribution in [0.5, 0.6) is 5.75 Å². The lowest BCUT2D eigenvalue weighted by Crippen LogP contribution is -2.38. The Hall–Kier alpha value is -1.51. The first-order chi connectivity index (χ1) is 11.2. The van der Waals surface area contributed by atoms with Gasteiger partial charge in [0, 0.05) is 25.2 Å². The molecule has 0 aliphatic heterocycles. The maximum Gasteiger partial charge on any atom is 0.251 e. The molecule has 0 aliphatic rings. The highest BCUT2D eigenvalue weighted by molar-refractivity contribution is 14.0. The van der Waals surface area contributed by atoms with Gasteiger partial charge in [0.15, 0.2) is 5.96 Å². The molecule has 6 nitrogen and oxygen atoms in total. The summed E-state index contributed by atoms with van der Waals surface area (Å²) in [7, 11) is 1.57. The highest BCUT2D eigenvalue weighted by atomic mass is 127. The van der Waals surface area contributed by atoms with Crippen molar-refractivity contribution in [3.63, 3.8) is 0 Å². The summed E-state index contributed by atoms with van der Waals surface area (Å²) in [6.45, 7) is 3.94. The molecular formula is C17H29IN4O2. The summed E-state index contributed by atoms with van der Waals surface area (Å²) in [5.74, 6) is 0.952. The molecule has 0 fully saturated rings. The summed E-state index contributed by atoms with van der Waals surface area (Å²) in [5.41, 5.74) is 6.34. The normalized spacial score (nSPS) is 10.7. The van der Waals surface area contributed by atoms with E-state index in [1.165, 1.54) is 19.3 Å². The summed E-state index contributed by atoms with van der Waals surface area (Å²) >= 11 is 0. The number of nitrogens with one attached hydrogen (secondary N) is 2. The number of guanidine groups is 1. The van der Waals surface area contributed by atoms with E-state index >= 15 is 0 Å². The molecule has 4 N–H and O–H groups in total. The lowest BCUT2D eigenvalue weighted by Gasteiger charge is -2.08. The monoisotopic (exact) mass is 448 g/mol. The van der Waals surface area contributed by atoms with Crippen LogP contribution in [0, 0.1) is 0 Å². The van der Waals surface area contributed by atoms with Crippen LogP contribution in [0.15, 0.2) is 29.3 Å². The molecule has 0 atom stereocenters. The van der Waals surface area contributed by atoms with Gasteiger partial charge >= 0.3 is 0 Å². The van der Waals surface area contributed by atoms with E-state index in [0.717, 1.165) is 13.0 Å². The van der Waals surface area contributed by atoms with Crippen molar-refractivity contribution < 1.29 is 9.53 Å². The third-order valence-electron chi connectivity index (χ3n) is 3.34. The van der Waals surface area contributed by atoms with Gasteiger partial charge in [0.1, 0.15) is 5.75 Å². The van der Waals surface area contributed by atoms with Crippen LogP contribution in [0.4, 0.5) is 0 Å². The number of halogens is 1. The van der Waals surface area contributed by atoms with E-state index in [0.29, 0.717) is 30.4 Å². The van der Waals surface area contributed by atoms with Crippen LogP contribution in [0.3, 0.4) is 0 Å². The van der Waals surface area contributed by atoms with Crippen molar-refractivity contribution in [1.82, 2.24) is 10.6 Å². The lowest BCUT2D eigenvalue weighted by atomic mass is 10.2. The fraction of sp³-hybridized carbons (Fsp3) is 0.529. The summed E-state index contributed by atoms with van der Waals surface area (Å²) in [4.78, 5) is 16.2. The van der Waals surface area contributed by atoms with Crippen LogP contribution >= 0.6 is 24.0 Å². The van der Waals surface area contributed by atoms with Gasteiger partial charge in [0.05, 0.1) is 7.11 Å². The summed E-state index contributed by atoms with van der Waals surface area (Å²) in [6.07, 6.45) is 4.69. The molecule has 0 aromatic heterocycles. The van der Waals surface area contributed by atoms with E-state index in [1.54, 1.807) is 31.4 Å². The van der Waals surface area contributed by atoms with Crippen molar-refractivity contribution in [1.29, 1.82) is 0 Å². The molecule has 1 amide bonds. The maximum atomic E-state index is 12.0. The predicted molar refractivity (Wildman–Crippen MR) is 109 cm³/mol. The van der Waals surface area contributed by atoms with Gasteiger partial charge in [-0.2, -0.15) is 0 Å². The minimum atomic E-state index is -0.138. The zero-order valence-corrected chi connectivity index (χ0v) is 16.8. The van der Waals surface area contributed by atoms with Crippen molar-refractivity contribution in [3.8, 4) is 5.75 Å². The Bertz CT molecular complexity index is 509. The largest absolute Gasteiger partial charge is 0.497 e. The van der Waals surface area contributed by atoms with E-state index in [-0.39, 0.29) is 29.9 Å². The molecule has 24 heavy (non-hydrogen) atoms. The molecule has 0 saturated heterocycles. The fourth-order valence-corrected chi connectivity index (χ4v) is 2.03. The van der Waals surface area contributed by atoms with Crippen molar-refractivity contribution in [2.24, 2.45) is 10.7 Å². The minimum Gasteiger partial charge on any atom is -0.497 e. The first kappa shape index (κ1) is 22.5. The number of nitrogens with two attached hydrogens (primary N) is 1. The Labute approximate surface area is 161 Å². The van der Waals surface area contributed by atoms with E-state index in [1.807, 2.05) is 0 Å². The Balaban J connectivity index is 0.00000529. The number of aliphatic imine (C=N–C) groups is 1. The summed E-state index contributed by atoms with van der Waals surface area (Å²) < 4.78 is 5.10. The standard InChI is InChI=1S/C17H28N4O2.HI/c1-3-4-5-6-10-20-17(18)21-12-11-19-16(22)14-8-7-9-15(13-14)23-2;/h7-9,13H,3-6,10-12H2,1-2H3,(H,19,22)(H3,18,20,21);1H. The molecule has 1 aromatic carbocycles. The molecule has 1 rings (SSSR count). The Morgan fingerprint density at radius 2 is 1.96 bits per heavy atom. The molecule has 0 radical (unpaired) electrons. The zero-order valence-electron chi connectivity index (χ0n) is 14.5. The number of ether oxygens (including phenoxy) is 1. The average molecular weight is 448 g/mol. The van der Waals surface area contributed by atoms with E-state index < -0.39 is 0 Å². The Kier molecular flexibility index (Phi) is 13.0. The van der Waals surface area contributed by atoms with Crippen molar-refractivity contribution in [3.05, 3.63) is 29.8 Å². The average Bonchev–Trinajstić information content (AvgIpc) is 2.58. The van der Waals surface area contributed by atoms with E-state index in [9.17, 15) is 4.79 Å². The Morgan fingerprint density at radius 3 is 2.67 bits per heavy atom. The molecule has 1 aromatic rings. The highest BCUT2D eigenvalue weighted by Gasteiger charge is 2.05. The molecule has 0 aliphatic carbocycles. The molecule has 0 heterocycles. The van der Waals surface area contributed by atoms with Gasteiger partial charge in [0.25, 0.3) is 5.91 Å². The summed E-state index contributed by atoms with van der Waals surface area (Å²) in [6, 6.07) is 7.04. The molecule has 0 unspecified atom stereocenters. The number of carbonyl (C=O) groups excluding carboxylic acids is 1. The first-order valence-corrected chi connectivity index (χ1v) is 8.13. The topological polar surface area (TPSA) is 88.7 Å². The SMILES string of the molecule is CCCCCCN=C(N)NCCNC(=O)c1cccc(OC)c1.I. The fourth-order valence-electron chi connectivity index (χ4n) is 2.03. The number of carbonyl (C=O) groups is 1. The first-order valence-electron chi connectivity index (χ1n) is 8.13. The highest BCUT2D eigenvalue weighted by Crippen LogP contribution is 2.12. The van der Waals surface area contributed by atoms with Gasteiger partial charge in [-0.15, -0.1) is 24.0 Å². The lowest BCUT2D eigenvalue weighted by molar-refractivity contribution is 0.0954. The van der Waals surface area contributed by atoms with Crippen LogP contribution in [0.25, 0.3) is 0 Å². The van der Waals surface area contributed by atoms with Crippen LogP contribution in [-0.4, -0.2) is 38.6 Å². The number of methoxy groups -OCH3 is 1. The second-order valence-electron chi connectivity index (χ2n) is 5.24. The van der Waals surface area contributed by atoms with Crippen LogP contribution in [-0.2, 0) is 0 Å². The quantitative estimate of drug-likeness (QED) is 0.222. The van der Waals surface area contributed by atoms with E-state index in [4.69, 9.17) is 10.5 Å². The summed E-state index contributed by atoms with van der Waals surface area (Å²) in [5, 5.41) is 5.81. The third kappa shape index (κ3) is 9.59. The van der Waals surface area contributed by atoms with Crippen molar-refractivity contribution in [2.45, 2.75) is 32.6 Å². The molecule has 0 bridgehead atoms. The van der Waals surface area contributed by atoms with Gasteiger partial charge in [0.2, 0.25) is 0 Å². The van der Waals surface area contributed by atoms with Gasteiger partial charge < -0.3 is 21.1 Å². The minimum absolute atomic E-state index is 0. The molecule has 136 valence electrons. The van der Waals surface area contributed by atoms with Crippen molar-refractivity contribution in [2.75, 3.05) is 26.7 Å². The zero-order chi connectivity index (χ0) is 16.9. The van der Waals surface area contributed by atoms with Gasteiger partial charge in [-0.3, -0.25) is 9.79 Å². The predicted octanol–water partition coefficient (Wildman–Crippen LogP) is 2.53. The number of amides is 1. The number of benzene rings is 1. The van der Waals surface area contributed by atoms with Crippen LogP contribution < -0.4 is 21.1 Å². The maximum absolute atomic E-state index is 12.0. The molecule has 7 heteroatoms.